The molecule has 1 rings (SSSR count). The molecule has 0 radical (unpaired) electrons. The maximum atomic E-state index is 4.73. The molecule has 0 spiro atoms. The van der Waals surface area contributed by atoms with Crippen LogP contribution in [-0.2, 0) is 11.8 Å². The molecule has 0 aliphatic rings. The molecule has 3 heteroatoms. The zero-order valence-corrected chi connectivity index (χ0v) is 13.8. The maximum Gasteiger partial charge on any atom is 0.0928 e. The Morgan fingerprint density at radius 1 is 1.35 bits per heavy atom. The van der Waals surface area contributed by atoms with Gasteiger partial charge in [-0.15, -0.1) is 11.3 Å². The van der Waals surface area contributed by atoms with E-state index in [1.807, 2.05) is 11.3 Å². The fraction of sp³-hybridized carbons (Fsp3) is 0.786. The van der Waals surface area contributed by atoms with Gasteiger partial charge in [-0.2, -0.15) is 0 Å². The molecular formula is C14H24BrNS. The summed E-state index contributed by atoms with van der Waals surface area (Å²) in [7, 11) is 0. The molecule has 0 amide bonds. The van der Waals surface area contributed by atoms with Gasteiger partial charge in [-0.25, -0.2) is 4.98 Å². The maximum absolute atomic E-state index is 4.73. The zero-order valence-electron chi connectivity index (χ0n) is 11.4. The van der Waals surface area contributed by atoms with E-state index in [2.05, 4.69) is 49.0 Å². The number of hydrogen-bond donors (Lipinski definition) is 0. The monoisotopic (exact) mass is 317 g/mol. The molecule has 0 aromatic carbocycles. The van der Waals surface area contributed by atoms with E-state index in [-0.39, 0.29) is 5.41 Å². The lowest BCUT2D eigenvalue weighted by Crippen LogP contribution is -2.11. The number of aromatic nitrogens is 1. The predicted octanol–water partition coefficient (Wildman–Crippen LogP) is 5.33. The highest BCUT2D eigenvalue weighted by Gasteiger charge is 2.17. The van der Waals surface area contributed by atoms with Crippen molar-refractivity contribution in [2.75, 3.05) is 0 Å². The van der Waals surface area contributed by atoms with Crippen LogP contribution in [0.4, 0.5) is 0 Å². The lowest BCUT2D eigenvalue weighted by Gasteiger charge is -2.14. The number of rotatable bonds is 6. The summed E-state index contributed by atoms with van der Waals surface area (Å²) in [6, 6.07) is 0. The molecule has 0 aliphatic heterocycles. The van der Waals surface area contributed by atoms with Gasteiger partial charge in [0.2, 0.25) is 0 Å². The minimum Gasteiger partial charge on any atom is -0.246 e. The van der Waals surface area contributed by atoms with E-state index in [0.29, 0.717) is 4.83 Å². The van der Waals surface area contributed by atoms with E-state index in [4.69, 9.17) is 4.98 Å². The Balaban J connectivity index is 2.35. The van der Waals surface area contributed by atoms with Gasteiger partial charge in [0.15, 0.2) is 0 Å². The number of nitrogens with zero attached hydrogens (tertiary/aromatic N) is 1. The standard InChI is InChI=1S/C14H24BrNS/c1-5-7-11(15)8-6-9-13-16-12(10-17-13)14(2,3)4/h10-11H,5-9H2,1-4H3. The summed E-state index contributed by atoms with van der Waals surface area (Å²) in [5, 5.41) is 3.51. The Bertz CT molecular complexity index is 327. The molecule has 17 heavy (non-hydrogen) atoms. The normalized spacial score (nSPS) is 13.9. The number of thiazole rings is 1. The third-order valence-corrected chi connectivity index (χ3v) is 4.65. The third-order valence-electron chi connectivity index (χ3n) is 2.83. The van der Waals surface area contributed by atoms with Gasteiger partial charge in [0, 0.05) is 15.6 Å². The average Bonchev–Trinajstić information content (AvgIpc) is 2.66. The molecule has 1 unspecified atom stereocenters. The molecule has 0 fully saturated rings. The molecule has 1 aromatic heterocycles. The van der Waals surface area contributed by atoms with Gasteiger partial charge in [0.05, 0.1) is 10.7 Å². The number of halogens is 1. The summed E-state index contributed by atoms with van der Waals surface area (Å²) in [4.78, 5) is 5.42. The van der Waals surface area contributed by atoms with Crippen molar-refractivity contribution in [1.82, 2.24) is 4.98 Å². The Morgan fingerprint density at radius 3 is 2.59 bits per heavy atom. The van der Waals surface area contributed by atoms with Crippen molar-refractivity contribution < 1.29 is 0 Å². The second kappa shape index (κ2) is 6.89. The van der Waals surface area contributed by atoms with E-state index in [1.54, 1.807) is 0 Å². The van der Waals surface area contributed by atoms with E-state index in [1.165, 1.54) is 36.4 Å². The van der Waals surface area contributed by atoms with Crippen LogP contribution in [-0.4, -0.2) is 9.81 Å². The predicted molar refractivity (Wildman–Crippen MR) is 81.4 cm³/mol. The van der Waals surface area contributed by atoms with Gasteiger partial charge in [-0.1, -0.05) is 50.0 Å². The van der Waals surface area contributed by atoms with Crippen LogP contribution < -0.4 is 0 Å². The summed E-state index contributed by atoms with van der Waals surface area (Å²) in [6.07, 6.45) is 6.18. The minimum atomic E-state index is 0.189. The molecule has 0 saturated heterocycles. The zero-order chi connectivity index (χ0) is 12.9. The summed E-state index contributed by atoms with van der Waals surface area (Å²) in [5.41, 5.74) is 1.43. The largest absolute Gasteiger partial charge is 0.246 e. The van der Waals surface area contributed by atoms with E-state index in [9.17, 15) is 0 Å². The molecule has 0 bridgehead atoms. The number of alkyl halides is 1. The molecule has 0 aliphatic carbocycles. The van der Waals surface area contributed by atoms with Crippen LogP contribution in [0.3, 0.4) is 0 Å². The van der Waals surface area contributed by atoms with Gasteiger partial charge >= 0.3 is 0 Å². The van der Waals surface area contributed by atoms with Crippen LogP contribution in [0.5, 0.6) is 0 Å². The first-order chi connectivity index (χ1) is 7.93. The lowest BCUT2D eigenvalue weighted by molar-refractivity contribution is 0.569. The van der Waals surface area contributed by atoms with Crippen molar-refractivity contribution in [1.29, 1.82) is 0 Å². The van der Waals surface area contributed by atoms with Gasteiger partial charge in [0.1, 0.15) is 0 Å². The third kappa shape index (κ3) is 5.52. The SMILES string of the molecule is CCCC(Br)CCCc1nc(C(C)(C)C)cs1. The van der Waals surface area contributed by atoms with E-state index in [0.717, 1.165) is 6.42 Å². The molecule has 1 nitrogen and oxygen atoms in total. The molecule has 1 aromatic rings. The van der Waals surface area contributed by atoms with Gasteiger partial charge in [-0.05, 0) is 25.7 Å². The van der Waals surface area contributed by atoms with Crippen molar-refractivity contribution in [3.63, 3.8) is 0 Å². The Morgan fingerprint density at radius 2 is 2.06 bits per heavy atom. The fourth-order valence-corrected chi connectivity index (χ4v) is 3.55. The van der Waals surface area contributed by atoms with Crippen LogP contribution in [0.25, 0.3) is 0 Å². The topological polar surface area (TPSA) is 12.9 Å². The van der Waals surface area contributed by atoms with Crippen molar-refractivity contribution in [2.24, 2.45) is 0 Å². The van der Waals surface area contributed by atoms with Gasteiger partial charge < -0.3 is 0 Å². The molecule has 1 heterocycles. The Hall–Kier alpha value is 0.110. The second-order valence-electron chi connectivity index (χ2n) is 5.65. The molecule has 0 saturated carbocycles. The Labute approximate surface area is 118 Å². The fourth-order valence-electron chi connectivity index (χ4n) is 1.70. The lowest BCUT2D eigenvalue weighted by atomic mass is 9.93. The molecule has 0 N–H and O–H groups in total. The molecule has 98 valence electrons. The van der Waals surface area contributed by atoms with Gasteiger partial charge in [-0.3, -0.25) is 0 Å². The molecular weight excluding hydrogens is 294 g/mol. The van der Waals surface area contributed by atoms with Crippen molar-refractivity contribution >= 4 is 27.3 Å². The van der Waals surface area contributed by atoms with Crippen molar-refractivity contribution in [3.8, 4) is 0 Å². The quantitative estimate of drug-likeness (QED) is 0.646. The van der Waals surface area contributed by atoms with Crippen LogP contribution in [0.15, 0.2) is 5.38 Å². The van der Waals surface area contributed by atoms with Crippen molar-refractivity contribution in [2.45, 2.75) is 70.0 Å². The summed E-state index contributed by atoms with van der Waals surface area (Å²) in [5.74, 6) is 0. The van der Waals surface area contributed by atoms with Crippen LogP contribution in [0.1, 0.15) is 64.1 Å². The average molecular weight is 318 g/mol. The van der Waals surface area contributed by atoms with Gasteiger partial charge in [0.25, 0.3) is 0 Å². The highest BCUT2D eigenvalue weighted by molar-refractivity contribution is 9.09. The molecule has 1 atom stereocenters. The highest BCUT2D eigenvalue weighted by atomic mass is 79.9. The second-order valence-corrected chi connectivity index (χ2v) is 7.89. The number of hydrogen-bond acceptors (Lipinski definition) is 2. The van der Waals surface area contributed by atoms with E-state index >= 15 is 0 Å². The van der Waals surface area contributed by atoms with Crippen LogP contribution in [0.2, 0.25) is 0 Å². The van der Waals surface area contributed by atoms with Crippen molar-refractivity contribution in [3.05, 3.63) is 16.1 Å². The minimum absolute atomic E-state index is 0.189. The van der Waals surface area contributed by atoms with Crippen LogP contribution >= 0.6 is 27.3 Å². The first-order valence-corrected chi connectivity index (χ1v) is 8.32. The summed E-state index contributed by atoms with van der Waals surface area (Å²) < 4.78 is 0. The Kier molecular flexibility index (Phi) is 6.14. The van der Waals surface area contributed by atoms with Crippen LogP contribution in [0, 0.1) is 0 Å². The highest BCUT2D eigenvalue weighted by Crippen LogP contribution is 2.25. The smallest absolute Gasteiger partial charge is 0.0928 e. The first-order valence-electron chi connectivity index (χ1n) is 6.52. The summed E-state index contributed by atoms with van der Waals surface area (Å²) in [6.45, 7) is 8.91. The summed E-state index contributed by atoms with van der Waals surface area (Å²) >= 11 is 5.55. The van der Waals surface area contributed by atoms with E-state index < -0.39 is 0 Å². The first kappa shape index (κ1) is 15.2. The number of aryl methyl sites for hydroxylation is 1.